The highest BCUT2D eigenvalue weighted by Gasteiger charge is 2.14. The third kappa shape index (κ3) is 8.23. The first-order valence-electron chi connectivity index (χ1n) is 10.4. The molecule has 0 amide bonds. The number of unbranched alkanes of at least 4 members (excludes halogenated alkanes) is 1. The topological polar surface area (TPSA) is 0 Å². The highest BCUT2D eigenvalue weighted by molar-refractivity contribution is 7.73. The molecule has 0 saturated carbocycles. The molecule has 30 heavy (non-hydrogen) atoms. The Morgan fingerprint density at radius 1 is 0.700 bits per heavy atom. The average Bonchev–Trinajstić information content (AvgIpc) is 2.80. The van der Waals surface area contributed by atoms with Gasteiger partial charge in [0.05, 0.1) is 0 Å². The number of benzene rings is 2. The van der Waals surface area contributed by atoms with E-state index in [4.69, 9.17) is 0 Å². The molecule has 0 nitrogen and oxygen atoms in total. The average molecular weight is 431 g/mol. The van der Waals surface area contributed by atoms with Crippen molar-refractivity contribution in [2.75, 3.05) is 12.3 Å². The second kappa shape index (κ2) is 14.7. The highest BCUT2D eigenvalue weighted by Crippen LogP contribution is 2.48. The smallest absolute Gasteiger partial charge is 0.0195 e. The zero-order valence-corrected chi connectivity index (χ0v) is 19.5. The molecule has 0 aliphatic heterocycles. The van der Waals surface area contributed by atoms with Gasteiger partial charge in [-0.1, -0.05) is 137 Å². The number of hydrogen-bond acceptors (Lipinski definition) is 0. The van der Waals surface area contributed by atoms with E-state index < -0.39 is 0 Å². The summed E-state index contributed by atoms with van der Waals surface area (Å²) in [5, 5.41) is 4.22. The molecular weight excluding hydrogens is 398 g/mol. The largest absolute Gasteiger partial charge is 0.0991 e. The SMILES string of the molecule is C=C/C=C\C=C\P(CCCCP(c1ccccc1)c1ccccc1)/C(C=C)=C/C=C. The lowest BCUT2D eigenvalue weighted by atomic mass is 10.4. The molecule has 0 spiro atoms. The Labute approximate surface area is 185 Å². The van der Waals surface area contributed by atoms with Crippen LogP contribution >= 0.6 is 15.8 Å². The Kier molecular flexibility index (Phi) is 11.8. The lowest BCUT2D eigenvalue weighted by molar-refractivity contribution is 0.901. The van der Waals surface area contributed by atoms with Crippen LogP contribution < -0.4 is 10.6 Å². The normalized spacial score (nSPS) is 13.0. The Morgan fingerprint density at radius 2 is 1.30 bits per heavy atom. The molecule has 0 aliphatic carbocycles. The van der Waals surface area contributed by atoms with Gasteiger partial charge in [-0.15, -0.1) is 0 Å². The second-order valence-corrected chi connectivity index (χ2v) is 11.3. The summed E-state index contributed by atoms with van der Waals surface area (Å²) in [6.07, 6.45) is 18.7. The molecule has 0 aromatic heterocycles. The molecule has 2 heteroatoms. The van der Waals surface area contributed by atoms with Crippen LogP contribution in [-0.2, 0) is 0 Å². The molecule has 154 valence electrons. The first-order chi connectivity index (χ1) is 14.8. The Balaban J connectivity index is 2.04. The van der Waals surface area contributed by atoms with Crippen LogP contribution in [0.2, 0.25) is 0 Å². The lowest BCUT2D eigenvalue weighted by Gasteiger charge is -2.20. The Hall–Kier alpha value is -2.26. The van der Waals surface area contributed by atoms with Gasteiger partial charge in [-0.2, -0.15) is 0 Å². The van der Waals surface area contributed by atoms with E-state index in [2.05, 4.69) is 98.4 Å². The van der Waals surface area contributed by atoms with Crippen molar-refractivity contribution in [3.05, 3.63) is 134 Å². The molecule has 0 heterocycles. The molecule has 2 rings (SSSR count). The van der Waals surface area contributed by atoms with Crippen molar-refractivity contribution in [1.29, 1.82) is 0 Å². The minimum Gasteiger partial charge on any atom is -0.0991 e. The van der Waals surface area contributed by atoms with Gasteiger partial charge in [-0.25, -0.2) is 0 Å². The van der Waals surface area contributed by atoms with Crippen molar-refractivity contribution >= 4 is 26.5 Å². The van der Waals surface area contributed by atoms with Gasteiger partial charge >= 0.3 is 0 Å². The fourth-order valence-electron chi connectivity index (χ4n) is 3.16. The summed E-state index contributed by atoms with van der Waals surface area (Å²) >= 11 is 0. The maximum absolute atomic E-state index is 4.02. The highest BCUT2D eigenvalue weighted by atomic mass is 31.1. The van der Waals surface area contributed by atoms with E-state index in [1.165, 1.54) is 41.1 Å². The Bertz CT molecular complexity index is 821. The predicted octanol–water partition coefficient (Wildman–Crippen LogP) is 7.89. The summed E-state index contributed by atoms with van der Waals surface area (Å²) in [5.74, 6) is 2.32. The third-order valence-corrected chi connectivity index (χ3v) is 9.55. The first-order valence-corrected chi connectivity index (χ1v) is 13.5. The monoisotopic (exact) mass is 430 g/mol. The third-order valence-electron chi connectivity index (χ3n) is 4.62. The van der Waals surface area contributed by atoms with E-state index in [9.17, 15) is 0 Å². The van der Waals surface area contributed by atoms with Gasteiger partial charge in [0, 0.05) is 0 Å². The van der Waals surface area contributed by atoms with Gasteiger partial charge in [0.25, 0.3) is 0 Å². The molecule has 2 aromatic carbocycles. The van der Waals surface area contributed by atoms with Gasteiger partial charge in [-0.05, 0) is 49.0 Å². The minimum absolute atomic E-state index is 0.307. The van der Waals surface area contributed by atoms with Crippen LogP contribution in [0.3, 0.4) is 0 Å². The fraction of sp³-hybridized carbons (Fsp3) is 0.143. The van der Waals surface area contributed by atoms with Crippen LogP contribution in [0.1, 0.15) is 12.8 Å². The van der Waals surface area contributed by atoms with Crippen LogP contribution in [0.4, 0.5) is 0 Å². The molecule has 0 fully saturated rings. The fourth-order valence-corrected chi connectivity index (χ4v) is 7.56. The first kappa shape index (κ1) is 24.0. The quantitative estimate of drug-likeness (QED) is 0.172. The number of hydrogen-bond donors (Lipinski definition) is 0. The zero-order valence-electron chi connectivity index (χ0n) is 17.7. The summed E-state index contributed by atoms with van der Waals surface area (Å²) < 4.78 is 0. The molecule has 0 aliphatic rings. The molecule has 2 aromatic rings. The number of allylic oxidation sites excluding steroid dienone is 8. The van der Waals surface area contributed by atoms with Gasteiger partial charge in [-0.3, -0.25) is 0 Å². The van der Waals surface area contributed by atoms with Crippen molar-refractivity contribution in [1.82, 2.24) is 0 Å². The lowest BCUT2D eigenvalue weighted by Crippen LogP contribution is -2.14. The van der Waals surface area contributed by atoms with E-state index in [0.29, 0.717) is 0 Å². The summed E-state index contributed by atoms with van der Waals surface area (Å²) in [5.41, 5.74) is 0. The van der Waals surface area contributed by atoms with Gasteiger partial charge < -0.3 is 0 Å². The molecule has 1 atom stereocenters. The second-order valence-electron chi connectivity index (χ2n) is 6.72. The van der Waals surface area contributed by atoms with E-state index in [0.717, 1.165) is 0 Å². The van der Waals surface area contributed by atoms with Crippen molar-refractivity contribution in [2.45, 2.75) is 12.8 Å². The molecule has 0 radical (unpaired) electrons. The standard InChI is InChI=1S/C28H32P2/c1-4-7-8-15-23-29(26(6-3)18-5-2)24-16-17-25-30(27-19-11-9-12-20-27)28-21-13-10-14-22-28/h4-15,18-23H,1-3,16-17,24-25H2/b8-7-,23-15+,26-18+. The minimum atomic E-state index is -0.373. The summed E-state index contributed by atoms with van der Waals surface area (Å²) in [6, 6.07) is 22.0. The summed E-state index contributed by atoms with van der Waals surface area (Å²) in [7, 11) is -0.681. The van der Waals surface area contributed by atoms with Crippen molar-refractivity contribution in [3.63, 3.8) is 0 Å². The molecule has 0 N–H and O–H groups in total. The summed E-state index contributed by atoms with van der Waals surface area (Å²) in [6.45, 7) is 11.6. The predicted molar refractivity (Wildman–Crippen MR) is 142 cm³/mol. The van der Waals surface area contributed by atoms with Crippen LogP contribution in [0, 0.1) is 0 Å². The Morgan fingerprint density at radius 3 is 1.83 bits per heavy atom. The van der Waals surface area contributed by atoms with E-state index in [1.54, 1.807) is 6.08 Å². The van der Waals surface area contributed by atoms with Gasteiger partial charge in [0.1, 0.15) is 0 Å². The van der Waals surface area contributed by atoms with Gasteiger partial charge in [0.15, 0.2) is 0 Å². The van der Waals surface area contributed by atoms with Crippen LogP contribution in [0.15, 0.2) is 134 Å². The van der Waals surface area contributed by atoms with Crippen LogP contribution in [-0.4, -0.2) is 12.3 Å². The molecular formula is C28H32P2. The molecule has 0 saturated heterocycles. The van der Waals surface area contributed by atoms with Crippen molar-refractivity contribution < 1.29 is 0 Å². The molecule has 0 bridgehead atoms. The van der Waals surface area contributed by atoms with E-state index in [1.807, 2.05) is 24.3 Å². The van der Waals surface area contributed by atoms with Gasteiger partial charge in [0.2, 0.25) is 0 Å². The van der Waals surface area contributed by atoms with Crippen LogP contribution in [0.5, 0.6) is 0 Å². The molecule has 1 unspecified atom stereocenters. The van der Waals surface area contributed by atoms with Crippen molar-refractivity contribution in [3.8, 4) is 0 Å². The van der Waals surface area contributed by atoms with Crippen LogP contribution in [0.25, 0.3) is 0 Å². The maximum Gasteiger partial charge on any atom is -0.0195 e. The van der Waals surface area contributed by atoms with Crippen molar-refractivity contribution in [2.24, 2.45) is 0 Å². The zero-order chi connectivity index (χ0) is 21.4. The maximum atomic E-state index is 4.02. The van der Waals surface area contributed by atoms with E-state index in [-0.39, 0.29) is 15.8 Å². The summed E-state index contributed by atoms with van der Waals surface area (Å²) in [4.78, 5) is 0. The van der Waals surface area contributed by atoms with E-state index >= 15 is 0 Å². The number of rotatable bonds is 13.